The SMILES string of the molecule is N[C@H](Cc1ccc(F)cc1)C(=O)N(CCc1ccccc1)C[C@@H]1CCCN1. The van der Waals surface area contributed by atoms with Gasteiger partial charge in [-0.3, -0.25) is 4.79 Å². The van der Waals surface area contributed by atoms with Crippen LogP contribution in [0.3, 0.4) is 0 Å². The van der Waals surface area contributed by atoms with Crippen molar-refractivity contribution in [3.63, 3.8) is 0 Å². The lowest BCUT2D eigenvalue weighted by molar-refractivity contribution is -0.132. The van der Waals surface area contributed by atoms with Crippen LogP contribution >= 0.6 is 0 Å². The van der Waals surface area contributed by atoms with E-state index in [1.165, 1.54) is 17.7 Å². The first kappa shape index (κ1) is 19.5. The van der Waals surface area contributed by atoms with E-state index < -0.39 is 6.04 Å². The Labute approximate surface area is 160 Å². The number of carbonyl (C=O) groups is 1. The predicted octanol–water partition coefficient (Wildman–Crippen LogP) is 2.52. The van der Waals surface area contributed by atoms with Gasteiger partial charge in [-0.05, 0) is 55.5 Å². The van der Waals surface area contributed by atoms with Crippen molar-refractivity contribution in [3.05, 3.63) is 71.5 Å². The quantitative estimate of drug-likeness (QED) is 0.752. The van der Waals surface area contributed by atoms with Crippen LogP contribution in [0.15, 0.2) is 54.6 Å². The van der Waals surface area contributed by atoms with Crippen molar-refractivity contribution in [2.45, 2.75) is 37.8 Å². The zero-order chi connectivity index (χ0) is 19.1. The van der Waals surface area contributed by atoms with E-state index in [0.29, 0.717) is 25.6 Å². The highest BCUT2D eigenvalue weighted by molar-refractivity contribution is 5.82. The third-order valence-corrected chi connectivity index (χ3v) is 5.11. The monoisotopic (exact) mass is 369 g/mol. The summed E-state index contributed by atoms with van der Waals surface area (Å²) >= 11 is 0. The average molecular weight is 369 g/mol. The van der Waals surface area contributed by atoms with E-state index in [9.17, 15) is 9.18 Å². The number of nitrogens with one attached hydrogen (secondary N) is 1. The summed E-state index contributed by atoms with van der Waals surface area (Å²) in [7, 11) is 0. The molecular weight excluding hydrogens is 341 g/mol. The van der Waals surface area contributed by atoms with E-state index in [2.05, 4.69) is 17.4 Å². The summed E-state index contributed by atoms with van der Waals surface area (Å²) in [6, 6.07) is 16.1. The molecular formula is C22H28FN3O. The molecule has 2 aromatic carbocycles. The molecule has 27 heavy (non-hydrogen) atoms. The normalized spacial score (nSPS) is 17.6. The summed E-state index contributed by atoms with van der Waals surface area (Å²) in [6.45, 7) is 2.34. The molecule has 1 amide bonds. The van der Waals surface area contributed by atoms with Crippen LogP contribution in [0.25, 0.3) is 0 Å². The van der Waals surface area contributed by atoms with Gasteiger partial charge in [-0.15, -0.1) is 0 Å². The van der Waals surface area contributed by atoms with E-state index in [1.807, 2.05) is 23.1 Å². The Kier molecular flexibility index (Phi) is 6.96. The molecule has 0 unspecified atom stereocenters. The van der Waals surface area contributed by atoms with Crippen LogP contribution in [0.2, 0.25) is 0 Å². The summed E-state index contributed by atoms with van der Waals surface area (Å²) in [5.74, 6) is -0.320. The first-order chi connectivity index (χ1) is 13.1. The lowest BCUT2D eigenvalue weighted by Crippen LogP contribution is -2.49. The van der Waals surface area contributed by atoms with Gasteiger partial charge in [-0.2, -0.15) is 0 Å². The second-order valence-electron chi connectivity index (χ2n) is 7.25. The second-order valence-corrected chi connectivity index (χ2v) is 7.25. The lowest BCUT2D eigenvalue weighted by Gasteiger charge is -2.28. The maximum absolute atomic E-state index is 13.1. The number of hydrogen-bond donors (Lipinski definition) is 2. The number of nitrogens with zero attached hydrogens (tertiary/aromatic N) is 1. The van der Waals surface area contributed by atoms with Crippen molar-refractivity contribution >= 4 is 5.91 Å². The highest BCUT2D eigenvalue weighted by Crippen LogP contribution is 2.12. The first-order valence-electron chi connectivity index (χ1n) is 9.68. The Balaban J connectivity index is 1.63. The molecule has 1 fully saturated rings. The summed E-state index contributed by atoms with van der Waals surface area (Å²) in [5, 5.41) is 3.46. The third kappa shape index (κ3) is 5.88. The summed E-state index contributed by atoms with van der Waals surface area (Å²) in [4.78, 5) is 14.9. The molecule has 0 aromatic heterocycles. The molecule has 0 saturated carbocycles. The van der Waals surface area contributed by atoms with Crippen molar-refractivity contribution < 1.29 is 9.18 Å². The molecule has 3 N–H and O–H groups in total. The molecule has 0 aliphatic carbocycles. The first-order valence-corrected chi connectivity index (χ1v) is 9.68. The Morgan fingerprint density at radius 2 is 1.89 bits per heavy atom. The molecule has 0 bridgehead atoms. The van der Waals surface area contributed by atoms with Crippen LogP contribution < -0.4 is 11.1 Å². The van der Waals surface area contributed by atoms with Crippen LogP contribution in [-0.4, -0.2) is 42.5 Å². The Bertz CT molecular complexity index is 714. The molecule has 2 atom stereocenters. The number of carbonyl (C=O) groups excluding carboxylic acids is 1. The van der Waals surface area contributed by atoms with Gasteiger partial charge in [0.15, 0.2) is 0 Å². The molecule has 2 aromatic rings. The van der Waals surface area contributed by atoms with Crippen molar-refractivity contribution in [1.29, 1.82) is 0 Å². The maximum Gasteiger partial charge on any atom is 0.239 e. The molecule has 3 rings (SSSR count). The van der Waals surface area contributed by atoms with Crippen molar-refractivity contribution in [2.24, 2.45) is 5.73 Å². The van der Waals surface area contributed by atoms with Crippen molar-refractivity contribution in [2.75, 3.05) is 19.6 Å². The minimum absolute atomic E-state index is 0.0380. The van der Waals surface area contributed by atoms with Crippen molar-refractivity contribution in [1.82, 2.24) is 10.2 Å². The minimum Gasteiger partial charge on any atom is -0.339 e. The average Bonchev–Trinajstić information content (AvgIpc) is 3.20. The van der Waals surface area contributed by atoms with Gasteiger partial charge in [0.05, 0.1) is 6.04 Å². The fraction of sp³-hybridized carbons (Fsp3) is 0.409. The molecule has 0 spiro atoms. The number of rotatable bonds is 8. The van der Waals surface area contributed by atoms with Gasteiger partial charge in [0, 0.05) is 19.1 Å². The van der Waals surface area contributed by atoms with Crippen LogP contribution in [-0.2, 0) is 17.6 Å². The molecule has 5 heteroatoms. The van der Waals surface area contributed by atoms with Crippen LogP contribution in [0, 0.1) is 5.82 Å². The smallest absolute Gasteiger partial charge is 0.239 e. The minimum atomic E-state index is -0.618. The second kappa shape index (κ2) is 9.62. The lowest BCUT2D eigenvalue weighted by atomic mass is 10.0. The van der Waals surface area contributed by atoms with Crippen LogP contribution in [0.5, 0.6) is 0 Å². The van der Waals surface area contributed by atoms with Crippen molar-refractivity contribution in [3.8, 4) is 0 Å². The van der Waals surface area contributed by atoms with E-state index in [4.69, 9.17) is 5.73 Å². The number of hydrogen-bond acceptors (Lipinski definition) is 3. The predicted molar refractivity (Wildman–Crippen MR) is 106 cm³/mol. The fourth-order valence-electron chi connectivity index (χ4n) is 3.58. The van der Waals surface area contributed by atoms with Gasteiger partial charge >= 0.3 is 0 Å². The van der Waals surface area contributed by atoms with E-state index >= 15 is 0 Å². The standard InChI is InChI=1S/C22H28FN3O/c23-19-10-8-18(9-11-19)15-21(24)22(27)26(16-20-7-4-13-25-20)14-12-17-5-2-1-3-6-17/h1-3,5-6,8-11,20-21,25H,4,7,12-16,24H2/t20-,21+/m0/s1. The van der Waals surface area contributed by atoms with Gasteiger partial charge < -0.3 is 16.0 Å². The highest BCUT2D eigenvalue weighted by atomic mass is 19.1. The van der Waals surface area contributed by atoms with Gasteiger partial charge in [0.2, 0.25) is 5.91 Å². The Morgan fingerprint density at radius 1 is 1.15 bits per heavy atom. The number of nitrogens with two attached hydrogens (primary N) is 1. The largest absolute Gasteiger partial charge is 0.339 e. The van der Waals surface area contributed by atoms with Gasteiger partial charge in [0.1, 0.15) is 5.82 Å². The molecule has 0 radical (unpaired) electrons. The molecule has 1 aliphatic heterocycles. The van der Waals surface area contributed by atoms with E-state index in [1.54, 1.807) is 12.1 Å². The molecule has 4 nitrogen and oxygen atoms in total. The van der Waals surface area contributed by atoms with E-state index in [-0.39, 0.29) is 11.7 Å². The maximum atomic E-state index is 13.1. The molecule has 1 aliphatic rings. The fourth-order valence-corrected chi connectivity index (χ4v) is 3.58. The van der Waals surface area contributed by atoms with E-state index in [0.717, 1.165) is 31.4 Å². The van der Waals surface area contributed by atoms with Gasteiger partial charge in [-0.25, -0.2) is 4.39 Å². The molecule has 1 heterocycles. The summed E-state index contributed by atoms with van der Waals surface area (Å²) in [5.41, 5.74) is 8.31. The zero-order valence-electron chi connectivity index (χ0n) is 15.6. The highest BCUT2D eigenvalue weighted by Gasteiger charge is 2.25. The zero-order valence-corrected chi connectivity index (χ0v) is 15.6. The Morgan fingerprint density at radius 3 is 2.56 bits per heavy atom. The Hall–Kier alpha value is -2.24. The van der Waals surface area contributed by atoms with Crippen LogP contribution in [0.4, 0.5) is 4.39 Å². The molecule has 1 saturated heterocycles. The summed E-state index contributed by atoms with van der Waals surface area (Å²) in [6.07, 6.45) is 3.46. The van der Waals surface area contributed by atoms with Crippen LogP contribution in [0.1, 0.15) is 24.0 Å². The van der Waals surface area contributed by atoms with Gasteiger partial charge in [0.25, 0.3) is 0 Å². The summed E-state index contributed by atoms with van der Waals surface area (Å²) < 4.78 is 13.1. The van der Waals surface area contributed by atoms with Gasteiger partial charge in [-0.1, -0.05) is 42.5 Å². The third-order valence-electron chi connectivity index (χ3n) is 5.11. The number of benzene rings is 2. The topological polar surface area (TPSA) is 58.4 Å². The number of amides is 1. The number of halogens is 1. The molecule has 144 valence electrons.